The number of hydrogen-bond donors (Lipinski definition) is 8. The minimum absolute atomic E-state index is 0.469. The Bertz CT molecular complexity index is 434. The Labute approximate surface area is 148 Å². The molecule has 11 atom stereocenters. The van der Waals surface area contributed by atoms with Gasteiger partial charge in [-0.2, -0.15) is 0 Å². The van der Waals surface area contributed by atoms with Gasteiger partial charge < -0.3 is 59.8 Å². The quantitative estimate of drug-likeness (QED) is 0.223. The molecule has 2 fully saturated rings. The van der Waals surface area contributed by atoms with Gasteiger partial charge in [-0.3, -0.25) is 0 Å². The molecule has 0 radical (unpaired) electrons. The van der Waals surface area contributed by atoms with Gasteiger partial charge in [0.05, 0.1) is 13.2 Å². The summed E-state index contributed by atoms with van der Waals surface area (Å²) in [6, 6.07) is 0. The van der Waals surface area contributed by atoms with Gasteiger partial charge >= 0.3 is 0 Å². The van der Waals surface area contributed by atoms with Crippen LogP contribution >= 0.6 is 0 Å². The molecular formula is C14H26O12. The zero-order chi connectivity index (χ0) is 19.6. The van der Waals surface area contributed by atoms with Gasteiger partial charge in [0.1, 0.15) is 54.9 Å². The second-order valence-corrected chi connectivity index (χ2v) is 6.27. The molecule has 26 heavy (non-hydrogen) atoms. The smallest absolute Gasteiger partial charge is 0.186 e. The van der Waals surface area contributed by atoms with Crippen LogP contribution in [0.3, 0.4) is 0 Å². The first-order valence-electron chi connectivity index (χ1n) is 8.05. The lowest BCUT2D eigenvalue weighted by molar-refractivity contribution is -0.310. The fourth-order valence-electron chi connectivity index (χ4n) is 2.85. The highest BCUT2D eigenvalue weighted by Gasteiger charge is 2.47. The Morgan fingerprint density at radius 2 is 1.12 bits per heavy atom. The van der Waals surface area contributed by atoms with E-state index in [-0.39, 0.29) is 0 Å². The van der Waals surface area contributed by atoms with E-state index in [2.05, 4.69) is 0 Å². The Balaban J connectivity index is 2.04. The molecule has 0 bridgehead atoms. The lowest BCUT2D eigenvalue weighted by Crippen LogP contribution is -2.59. The van der Waals surface area contributed by atoms with E-state index in [1.807, 2.05) is 0 Å². The number of methoxy groups -OCH3 is 1. The maximum absolute atomic E-state index is 10.0. The summed E-state index contributed by atoms with van der Waals surface area (Å²) < 4.78 is 20.5. The first-order chi connectivity index (χ1) is 12.2. The van der Waals surface area contributed by atoms with Crippen LogP contribution in [0, 0.1) is 0 Å². The zero-order valence-corrected chi connectivity index (χ0v) is 14.0. The predicted octanol–water partition coefficient (Wildman–Crippen LogP) is -5.38. The van der Waals surface area contributed by atoms with E-state index in [9.17, 15) is 40.9 Å². The van der Waals surface area contributed by atoms with Crippen molar-refractivity contribution in [1.29, 1.82) is 0 Å². The zero-order valence-electron chi connectivity index (χ0n) is 14.0. The van der Waals surface area contributed by atoms with Crippen molar-refractivity contribution in [2.24, 2.45) is 0 Å². The molecule has 2 aliphatic heterocycles. The molecule has 0 unspecified atom stereocenters. The van der Waals surface area contributed by atoms with Gasteiger partial charge in [-0.15, -0.1) is 0 Å². The average molecular weight is 386 g/mol. The highest BCUT2D eigenvalue weighted by Crippen LogP contribution is 2.25. The van der Waals surface area contributed by atoms with E-state index in [0.717, 1.165) is 0 Å². The SMILES string of the molecule is CO[C@H]1O[C@H](CO[C@H]2O[C@H](CO)[C@@H](O)[C@H](O)[C@H](O)[C@H]2O)[C@@H](O)[C@H](O)[C@H]1O. The van der Waals surface area contributed by atoms with Gasteiger partial charge in [-0.25, -0.2) is 0 Å². The van der Waals surface area contributed by atoms with Crippen LogP contribution in [0.25, 0.3) is 0 Å². The molecule has 2 aliphatic rings. The van der Waals surface area contributed by atoms with Crippen LogP contribution < -0.4 is 0 Å². The number of aliphatic hydroxyl groups is 8. The molecule has 0 aromatic carbocycles. The van der Waals surface area contributed by atoms with Crippen molar-refractivity contribution in [2.75, 3.05) is 20.3 Å². The summed E-state index contributed by atoms with van der Waals surface area (Å²) in [7, 11) is 1.22. The largest absolute Gasteiger partial charge is 0.394 e. The predicted molar refractivity (Wildman–Crippen MR) is 79.4 cm³/mol. The van der Waals surface area contributed by atoms with Crippen LogP contribution in [0.2, 0.25) is 0 Å². The van der Waals surface area contributed by atoms with Crippen molar-refractivity contribution in [2.45, 2.75) is 67.5 Å². The molecule has 0 aromatic rings. The normalized spacial score (nSPS) is 50.4. The molecule has 8 N–H and O–H groups in total. The minimum Gasteiger partial charge on any atom is -0.394 e. The van der Waals surface area contributed by atoms with E-state index < -0.39 is 80.7 Å². The van der Waals surface area contributed by atoms with Gasteiger partial charge in [0.25, 0.3) is 0 Å². The lowest BCUT2D eigenvalue weighted by atomic mass is 9.99. The molecule has 12 heteroatoms. The van der Waals surface area contributed by atoms with Crippen LogP contribution in [0.4, 0.5) is 0 Å². The third-order valence-corrected chi connectivity index (χ3v) is 4.52. The number of aliphatic hydroxyl groups excluding tert-OH is 8. The van der Waals surface area contributed by atoms with E-state index in [0.29, 0.717) is 0 Å². The Hall–Kier alpha value is -0.480. The maximum atomic E-state index is 10.0. The van der Waals surface area contributed by atoms with Crippen molar-refractivity contribution in [3.05, 3.63) is 0 Å². The van der Waals surface area contributed by atoms with Gasteiger partial charge in [-0.1, -0.05) is 0 Å². The highest BCUT2D eigenvalue weighted by molar-refractivity contribution is 4.92. The van der Waals surface area contributed by atoms with E-state index >= 15 is 0 Å². The van der Waals surface area contributed by atoms with E-state index in [1.54, 1.807) is 0 Å². The van der Waals surface area contributed by atoms with Crippen LogP contribution in [0.5, 0.6) is 0 Å². The number of rotatable bonds is 5. The average Bonchev–Trinajstić information content (AvgIpc) is 2.71. The summed E-state index contributed by atoms with van der Waals surface area (Å²) in [6.45, 7) is -1.19. The third kappa shape index (κ3) is 4.32. The number of ether oxygens (including phenoxy) is 4. The Morgan fingerprint density at radius 1 is 0.654 bits per heavy atom. The first kappa shape index (κ1) is 21.8. The maximum Gasteiger partial charge on any atom is 0.186 e. The fourth-order valence-corrected chi connectivity index (χ4v) is 2.85. The topological polar surface area (TPSA) is 199 Å². The fraction of sp³-hybridized carbons (Fsp3) is 1.00. The molecule has 12 nitrogen and oxygen atoms in total. The van der Waals surface area contributed by atoms with E-state index in [1.165, 1.54) is 7.11 Å². The second kappa shape index (κ2) is 9.14. The second-order valence-electron chi connectivity index (χ2n) is 6.27. The third-order valence-electron chi connectivity index (χ3n) is 4.52. The summed E-state index contributed by atoms with van der Waals surface area (Å²) in [5.74, 6) is 0. The summed E-state index contributed by atoms with van der Waals surface area (Å²) in [6.07, 6.45) is -17.1. The highest BCUT2D eigenvalue weighted by atomic mass is 16.7. The van der Waals surface area contributed by atoms with Gasteiger partial charge in [0.15, 0.2) is 12.6 Å². The molecule has 2 rings (SSSR count). The van der Waals surface area contributed by atoms with Crippen molar-refractivity contribution < 1.29 is 59.8 Å². The standard InChI is InChI=1S/C14H26O12/c1-23-13-11(21)9(19)7(17)5(26-13)3-24-14-12(22)10(20)8(18)6(16)4(2-15)25-14/h4-22H,2-3H2,1H3/t4-,5-,6-,7-,8+,9+,10+,11-,12-,13+,14+/m1/s1. The van der Waals surface area contributed by atoms with Crippen molar-refractivity contribution in [3.8, 4) is 0 Å². The van der Waals surface area contributed by atoms with Gasteiger partial charge in [0, 0.05) is 7.11 Å². The van der Waals surface area contributed by atoms with E-state index in [4.69, 9.17) is 18.9 Å². The molecule has 0 aliphatic carbocycles. The first-order valence-corrected chi connectivity index (χ1v) is 8.05. The van der Waals surface area contributed by atoms with Crippen LogP contribution in [0.1, 0.15) is 0 Å². The summed E-state index contributed by atoms with van der Waals surface area (Å²) in [5, 5.41) is 78.2. The lowest BCUT2D eigenvalue weighted by Gasteiger charge is -2.40. The number of hydrogen-bond acceptors (Lipinski definition) is 12. The molecule has 0 aromatic heterocycles. The van der Waals surface area contributed by atoms with Gasteiger partial charge in [0.2, 0.25) is 0 Å². The molecule has 154 valence electrons. The van der Waals surface area contributed by atoms with Gasteiger partial charge in [-0.05, 0) is 0 Å². The van der Waals surface area contributed by atoms with Crippen molar-refractivity contribution in [1.82, 2.24) is 0 Å². The van der Waals surface area contributed by atoms with Crippen LogP contribution in [-0.4, -0.2) is 129 Å². The van der Waals surface area contributed by atoms with Crippen LogP contribution in [-0.2, 0) is 18.9 Å². The Morgan fingerprint density at radius 3 is 1.69 bits per heavy atom. The molecular weight excluding hydrogens is 360 g/mol. The monoisotopic (exact) mass is 386 g/mol. The molecule has 2 saturated heterocycles. The summed E-state index contributed by atoms with van der Waals surface area (Å²) in [4.78, 5) is 0. The molecule has 0 spiro atoms. The summed E-state index contributed by atoms with van der Waals surface area (Å²) >= 11 is 0. The molecule has 0 amide bonds. The minimum atomic E-state index is -1.83. The van der Waals surface area contributed by atoms with Crippen molar-refractivity contribution in [3.63, 3.8) is 0 Å². The molecule has 0 saturated carbocycles. The Kier molecular flexibility index (Phi) is 7.67. The molecule has 2 heterocycles. The van der Waals surface area contributed by atoms with Crippen molar-refractivity contribution >= 4 is 0 Å². The van der Waals surface area contributed by atoms with Crippen LogP contribution in [0.15, 0.2) is 0 Å². The summed E-state index contributed by atoms with van der Waals surface area (Å²) in [5.41, 5.74) is 0.